The van der Waals surface area contributed by atoms with Crippen LogP contribution < -0.4 is 5.32 Å². The summed E-state index contributed by atoms with van der Waals surface area (Å²) in [6.07, 6.45) is 0.279. The SMILES string of the molecule is CNCCN(C)C(=O)Cc1nc(-c2cccs2)oc1C.Cl.Cl. The van der Waals surface area contributed by atoms with E-state index in [0.717, 1.165) is 17.1 Å². The fourth-order valence-electron chi connectivity index (χ4n) is 1.78. The zero-order valence-electron chi connectivity index (χ0n) is 12.8. The summed E-state index contributed by atoms with van der Waals surface area (Å²) in [6.45, 7) is 3.31. The van der Waals surface area contributed by atoms with Gasteiger partial charge in [-0.15, -0.1) is 36.2 Å². The van der Waals surface area contributed by atoms with E-state index >= 15 is 0 Å². The van der Waals surface area contributed by atoms with Crippen LogP contribution in [0.15, 0.2) is 21.9 Å². The van der Waals surface area contributed by atoms with E-state index in [1.807, 2.05) is 31.5 Å². The average molecular weight is 366 g/mol. The number of amides is 1. The van der Waals surface area contributed by atoms with Gasteiger partial charge in [0.15, 0.2) is 0 Å². The van der Waals surface area contributed by atoms with Crippen LogP contribution in [0.25, 0.3) is 10.8 Å². The normalized spacial score (nSPS) is 9.77. The third-order valence-corrected chi connectivity index (χ3v) is 3.92. The summed E-state index contributed by atoms with van der Waals surface area (Å²) in [5, 5.41) is 5.00. The van der Waals surface area contributed by atoms with Gasteiger partial charge in [0.1, 0.15) is 5.76 Å². The Balaban J connectivity index is 0.00000220. The van der Waals surface area contributed by atoms with Gasteiger partial charge >= 0.3 is 0 Å². The van der Waals surface area contributed by atoms with Crippen LogP contribution in [0.5, 0.6) is 0 Å². The molecule has 0 saturated carbocycles. The van der Waals surface area contributed by atoms with Crippen LogP contribution in [0.3, 0.4) is 0 Å². The van der Waals surface area contributed by atoms with E-state index in [1.54, 1.807) is 23.3 Å². The minimum absolute atomic E-state index is 0. The predicted molar refractivity (Wildman–Crippen MR) is 94.3 cm³/mol. The molecule has 0 saturated heterocycles. The smallest absolute Gasteiger partial charge is 0.236 e. The molecule has 0 unspecified atom stereocenters. The van der Waals surface area contributed by atoms with Gasteiger partial charge in [0.05, 0.1) is 17.0 Å². The maximum Gasteiger partial charge on any atom is 0.236 e. The molecule has 1 amide bonds. The summed E-state index contributed by atoms with van der Waals surface area (Å²) in [6, 6.07) is 3.91. The van der Waals surface area contributed by atoms with E-state index in [2.05, 4.69) is 10.3 Å². The van der Waals surface area contributed by atoms with Gasteiger partial charge < -0.3 is 14.6 Å². The molecule has 8 heteroatoms. The molecular weight excluding hydrogens is 345 g/mol. The van der Waals surface area contributed by atoms with Gasteiger partial charge in [0, 0.05) is 20.1 Å². The Kier molecular flexibility index (Phi) is 9.36. The second-order valence-electron chi connectivity index (χ2n) is 4.59. The largest absolute Gasteiger partial charge is 0.440 e. The summed E-state index contributed by atoms with van der Waals surface area (Å²) >= 11 is 1.57. The number of oxazole rings is 1. The molecule has 2 aromatic heterocycles. The van der Waals surface area contributed by atoms with Crippen molar-refractivity contribution in [3.05, 3.63) is 29.0 Å². The number of hydrogen-bond donors (Lipinski definition) is 1. The second kappa shape index (κ2) is 9.84. The molecule has 2 rings (SSSR count). The molecule has 0 atom stereocenters. The van der Waals surface area contributed by atoms with E-state index in [4.69, 9.17) is 4.42 Å². The topological polar surface area (TPSA) is 58.4 Å². The first-order valence-electron chi connectivity index (χ1n) is 6.50. The van der Waals surface area contributed by atoms with Crippen molar-refractivity contribution >= 4 is 42.1 Å². The fourth-order valence-corrected chi connectivity index (χ4v) is 2.43. The average Bonchev–Trinajstić information content (AvgIpc) is 3.06. The molecule has 0 aliphatic heterocycles. The van der Waals surface area contributed by atoms with E-state index in [0.29, 0.717) is 18.2 Å². The van der Waals surface area contributed by atoms with Crippen molar-refractivity contribution < 1.29 is 9.21 Å². The minimum atomic E-state index is 0. The molecule has 0 spiro atoms. The molecule has 0 aliphatic carbocycles. The number of halogens is 2. The van der Waals surface area contributed by atoms with Crippen molar-refractivity contribution in [2.45, 2.75) is 13.3 Å². The van der Waals surface area contributed by atoms with E-state index in [9.17, 15) is 4.79 Å². The summed E-state index contributed by atoms with van der Waals surface area (Å²) in [5.74, 6) is 1.36. The third kappa shape index (κ3) is 5.28. The van der Waals surface area contributed by atoms with Crippen molar-refractivity contribution in [3.8, 4) is 10.8 Å². The van der Waals surface area contributed by atoms with Gasteiger partial charge in [-0.25, -0.2) is 4.98 Å². The number of likely N-dealkylation sites (N-methyl/N-ethyl adjacent to an activating group) is 2. The van der Waals surface area contributed by atoms with Crippen LogP contribution in [0, 0.1) is 6.92 Å². The number of nitrogens with one attached hydrogen (secondary N) is 1. The lowest BCUT2D eigenvalue weighted by Crippen LogP contribution is -2.33. The van der Waals surface area contributed by atoms with Crippen LogP contribution in [0.4, 0.5) is 0 Å². The molecule has 2 aromatic rings. The Morgan fingerprint density at radius 1 is 1.45 bits per heavy atom. The van der Waals surface area contributed by atoms with Gasteiger partial charge in [0.2, 0.25) is 11.8 Å². The minimum Gasteiger partial charge on any atom is -0.440 e. The second-order valence-corrected chi connectivity index (χ2v) is 5.54. The quantitative estimate of drug-likeness (QED) is 0.854. The number of carbonyl (C=O) groups excluding carboxylic acids is 1. The van der Waals surface area contributed by atoms with Crippen LogP contribution in [0.1, 0.15) is 11.5 Å². The molecule has 0 fully saturated rings. The Bertz CT molecular complexity index is 573. The highest BCUT2D eigenvalue weighted by atomic mass is 35.5. The highest BCUT2D eigenvalue weighted by molar-refractivity contribution is 7.13. The summed E-state index contributed by atoms with van der Waals surface area (Å²) in [5.41, 5.74) is 0.717. The van der Waals surface area contributed by atoms with Gasteiger partial charge in [-0.3, -0.25) is 4.79 Å². The van der Waals surface area contributed by atoms with Gasteiger partial charge in [0.25, 0.3) is 0 Å². The van der Waals surface area contributed by atoms with Gasteiger partial charge in [-0.1, -0.05) is 6.07 Å². The number of carbonyl (C=O) groups is 1. The molecule has 22 heavy (non-hydrogen) atoms. The maximum atomic E-state index is 12.1. The summed E-state index contributed by atoms with van der Waals surface area (Å²) < 4.78 is 5.64. The maximum absolute atomic E-state index is 12.1. The molecule has 2 heterocycles. The highest BCUT2D eigenvalue weighted by Gasteiger charge is 2.17. The van der Waals surface area contributed by atoms with E-state index < -0.39 is 0 Å². The van der Waals surface area contributed by atoms with Gasteiger partial charge in [-0.2, -0.15) is 0 Å². The zero-order chi connectivity index (χ0) is 14.5. The third-order valence-electron chi connectivity index (χ3n) is 3.07. The van der Waals surface area contributed by atoms with Crippen molar-refractivity contribution in [1.82, 2.24) is 15.2 Å². The lowest BCUT2D eigenvalue weighted by atomic mass is 10.2. The summed E-state index contributed by atoms with van der Waals surface area (Å²) in [7, 11) is 3.67. The fraction of sp³-hybridized carbons (Fsp3) is 0.429. The van der Waals surface area contributed by atoms with Crippen LogP contribution in [0.2, 0.25) is 0 Å². The Morgan fingerprint density at radius 3 is 2.77 bits per heavy atom. The van der Waals surface area contributed by atoms with Crippen molar-refractivity contribution in [2.75, 3.05) is 27.2 Å². The first-order valence-corrected chi connectivity index (χ1v) is 7.38. The predicted octanol–water partition coefficient (Wildman–Crippen LogP) is 2.78. The molecule has 0 aromatic carbocycles. The Morgan fingerprint density at radius 2 is 2.18 bits per heavy atom. The Labute approximate surface area is 146 Å². The highest BCUT2D eigenvalue weighted by Crippen LogP contribution is 2.26. The zero-order valence-corrected chi connectivity index (χ0v) is 15.2. The van der Waals surface area contributed by atoms with E-state index in [-0.39, 0.29) is 37.1 Å². The first kappa shape index (κ1) is 20.9. The molecular formula is C14H21Cl2N3O2S. The molecule has 0 aliphatic rings. The first-order chi connectivity index (χ1) is 9.61. The molecule has 0 radical (unpaired) electrons. The van der Waals surface area contributed by atoms with Crippen molar-refractivity contribution in [3.63, 3.8) is 0 Å². The lowest BCUT2D eigenvalue weighted by Gasteiger charge is -2.16. The number of aryl methyl sites for hydroxylation is 1. The van der Waals surface area contributed by atoms with Crippen LogP contribution >= 0.6 is 36.2 Å². The van der Waals surface area contributed by atoms with Crippen LogP contribution in [-0.4, -0.2) is 43.0 Å². The molecule has 124 valence electrons. The number of nitrogens with zero attached hydrogens (tertiary/aromatic N) is 2. The monoisotopic (exact) mass is 365 g/mol. The summed E-state index contributed by atoms with van der Waals surface area (Å²) in [4.78, 5) is 19.2. The molecule has 1 N–H and O–H groups in total. The number of thiophene rings is 1. The van der Waals surface area contributed by atoms with Crippen molar-refractivity contribution in [2.24, 2.45) is 0 Å². The lowest BCUT2D eigenvalue weighted by molar-refractivity contribution is -0.129. The number of rotatable bonds is 6. The number of aromatic nitrogens is 1. The van der Waals surface area contributed by atoms with E-state index in [1.165, 1.54) is 0 Å². The van der Waals surface area contributed by atoms with Gasteiger partial charge in [-0.05, 0) is 25.4 Å². The molecule has 5 nitrogen and oxygen atoms in total. The standard InChI is InChI=1S/C14H19N3O2S.2ClH/c1-10-11(9-13(18)17(3)7-6-15-2)16-14(19-10)12-5-4-8-20-12;;/h4-5,8,15H,6-7,9H2,1-3H3;2*1H. The number of hydrogen-bond acceptors (Lipinski definition) is 5. The Hall–Kier alpha value is -1.08. The molecule has 0 bridgehead atoms. The van der Waals surface area contributed by atoms with Crippen molar-refractivity contribution in [1.29, 1.82) is 0 Å². The van der Waals surface area contributed by atoms with Crippen LogP contribution in [-0.2, 0) is 11.2 Å².